The molecule has 110 valence electrons. The summed E-state index contributed by atoms with van der Waals surface area (Å²) in [6.07, 6.45) is 5.25. The maximum atomic E-state index is 6.11. The number of hydrogen-bond acceptors (Lipinski definition) is 3. The number of benzene rings is 1. The van der Waals surface area contributed by atoms with Crippen LogP contribution < -0.4 is 10.1 Å². The summed E-state index contributed by atoms with van der Waals surface area (Å²) >= 11 is 0. The lowest BCUT2D eigenvalue weighted by molar-refractivity contribution is 0.104. The zero-order valence-corrected chi connectivity index (χ0v) is 12.7. The molecule has 2 fully saturated rings. The molecule has 0 aliphatic carbocycles. The average molecular weight is 274 g/mol. The van der Waals surface area contributed by atoms with Crippen LogP contribution in [-0.4, -0.2) is 37.7 Å². The van der Waals surface area contributed by atoms with Gasteiger partial charge in [0.15, 0.2) is 0 Å². The van der Waals surface area contributed by atoms with Gasteiger partial charge in [-0.1, -0.05) is 12.1 Å². The second-order valence-corrected chi connectivity index (χ2v) is 6.53. The van der Waals surface area contributed by atoms with Gasteiger partial charge < -0.3 is 15.0 Å². The molecule has 2 aliphatic heterocycles. The van der Waals surface area contributed by atoms with Crippen molar-refractivity contribution in [2.24, 2.45) is 0 Å². The lowest BCUT2D eigenvalue weighted by atomic mass is 9.91. The molecule has 3 rings (SSSR count). The van der Waals surface area contributed by atoms with Crippen LogP contribution in [0.1, 0.15) is 38.2 Å². The van der Waals surface area contributed by atoms with Gasteiger partial charge in [-0.15, -0.1) is 0 Å². The highest BCUT2D eigenvalue weighted by Crippen LogP contribution is 2.31. The first-order valence-corrected chi connectivity index (χ1v) is 7.86. The molecule has 2 saturated heterocycles. The molecule has 1 aromatic carbocycles. The lowest BCUT2D eigenvalue weighted by Crippen LogP contribution is -2.38. The van der Waals surface area contributed by atoms with Crippen molar-refractivity contribution in [3.8, 4) is 5.75 Å². The number of nitrogens with one attached hydrogen (secondary N) is 1. The summed E-state index contributed by atoms with van der Waals surface area (Å²) in [6.45, 7) is 5.67. The summed E-state index contributed by atoms with van der Waals surface area (Å²) in [5, 5.41) is 3.61. The van der Waals surface area contributed by atoms with Gasteiger partial charge in [-0.2, -0.15) is 0 Å². The van der Waals surface area contributed by atoms with Gasteiger partial charge in [0.2, 0.25) is 0 Å². The first kappa shape index (κ1) is 13.9. The van der Waals surface area contributed by atoms with E-state index < -0.39 is 0 Å². The largest absolute Gasteiger partial charge is 0.489 e. The fraction of sp³-hybridized carbons (Fsp3) is 0.647. The molecular formula is C17H26N2O. The summed E-state index contributed by atoms with van der Waals surface area (Å²) in [4.78, 5) is 2.35. The standard InChI is InChI=1S/C17H26N2O/c1-17(10-4-11-18-17)14-6-8-15(9-7-14)20-16-5-3-12-19(2)13-16/h6-9,16,18H,3-5,10-13H2,1-2H3. The number of likely N-dealkylation sites (N-methyl/N-ethyl adjacent to an activating group) is 1. The van der Waals surface area contributed by atoms with Gasteiger partial charge in [0.05, 0.1) is 0 Å². The smallest absolute Gasteiger partial charge is 0.119 e. The molecule has 0 amide bonds. The molecule has 2 unspecified atom stereocenters. The van der Waals surface area contributed by atoms with Crippen molar-refractivity contribution in [1.82, 2.24) is 10.2 Å². The van der Waals surface area contributed by atoms with Crippen molar-refractivity contribution < 1.29 is 4.74 Å². The minimum atomic E-state index is 0.156. The normalized spacial score (nSPS) is 31.4. The molecule has 20 heavy (non-hydrogen) atoms. The molecule has 0 bridgehead atoms. The molecule has 0 radical (unpaired) electrons. The first-order chi connectivity index (χ1) is 9.66. The van der Waals surface area contributed by atoms with Crippen LogP contribution in [0.25, 0.3) is 0 Å². The average Bonchev–Trinajstić information content (AvgIpc) is 2.88. The van der Waals surface area contributed by atoms with Crippen molar-refractivity contribution in [1.29, 1.82) is 0 Å². The Balaban J connectivity index is 1.64. The van der Waals surface area contributed by atoms with E-state index in [-0.39, 0.29) is 5.54 Å². The Bertz CT molecular complexity index is 437. The third-order valence-electron chi connectivity index (χ3n) is 4.74. The minimum absolute atomic E-state index is 0.156. The van der Waals surface area contributed by atoms with Crippen molar-refractivity contribution >= 4 is 0 Å². The second kappa shape index (κ2) is 5.74. The molecule has 0 spiro atoms. The third kappa shape index (κ3) is 2.99. The Morgan fingerprint density at radius 1 is 1.25 bits per heavy atom. The Hall–Kier alpha value is -1.06. The summed E-state index contributed by atoms with van der Waals surface area (Å²) in [6, 6.07) is 8.71. The first-order valence-electron chi connectivity index (χ1n) is 7.86. The van der Waals surface area contributed by atoms with Crippen LogP contribution in [0, 0.1) is 0 Å². The van der Waals surface area contributed by atoms with E-state index >= 15 is 0 Å². The predicted molar refractivity (Wildman–Crippen MR) is 82.2 cm³/mol. The molecule has 1 aromatic rings. The molecule has 2 heterocycles. The van der Waals surface area contributed by atoms with E-state index in [1.807, 2.05) is 0 Å². The zero-order valence-electron chi connectivity index (χ0n) is 12.7. The number of rotatable bonds is 3. The molecule has 2 atom stereocenters. The molecule has 0 aromatic heterocycles. The number of likely N-dealkylation sites (tertiary alicyclic amines) is 1. The number of piperidine rings is 1. The fourth-order valence-electron chi connectivity index (χ4n) is 3.45. The summed E-state index contributed by atoms with van der Waals surface area (Å²) < 4.78 is 6.11. The topological polar surface area (TPSA) is 24.5 Å². The quantitative estimate of drug-likeness (QED) is 0.917. The third-order valence-corrected chi connectivity index (χ3v) is 4.74. The van der Waals surface area contributed by atoms with Crippen molar-refractivity contribution in [2.45, 2.75) is 44.2 Å². The van der Waals surface area contributed by atoms with Crippen LogP contribution in [0.5, 0.6) is 5.75 Å². The molecule has 3 nitrogen and oxygen atoms in total. The monoisotopic (exact) mass is 274 g/mol. The number of nitrogens with zero attached hydrogens (tertiary/aromatic N) is 1. The highest BCUT2D eigenvalue weighted by Gasteiger charge is 2.29. The molecule has 1 N–H and O–H groups in total. The van der Waals surface area contributed by atoms with Crippen LogP contribution in [0.2, 0.25) is 0 Å². The number of hydrogen-bond donors (Lipinski definition) is 1. The van der Waals surface area contributed by atoms with E-state index in [4.69, 9.17) is 4.74 Å². The van der Waals surface area contributed by atoms with E-state index in [0.29, 0.717) is 6.10 Å². The summed E-state index contributed by atoms with van der Waals surface area (Å²) in [5.41, 5.74) is 1.53. The van der Waals surface area contributed by atoms with Crippen molar-refractivity contribution in [3.63, 3.8) is 0 Å². The Labute approximate surface area is 122 Å². The highest BCUT2D eigenvalue weighted by atomic mass is 16.5. The van der Waals surface area contributed by atoms with E-state index in [2.05, 4.69) is 48.5 Å². The Morgan fingerprint density at radius 2 is 2.05 bits per heavy atom. The SMILES string of the molecule is CN1CCCC(Oc2ccc(C3(C)CCCN3)cc2)C1. The van der Waals surface area contributed by atoms with E-state index in [9.17, 15) is 0 Å². The van der Waals surface area contributed by atoms with Crippen LogP contribution >= 0.6 is 0 Å². The predicted octanol–water partition coefficient (Wildman–Crippen LogP) is 2.76. The van der Waals surface area contributed by atoms with Gasteiger partial charge in [0, 0.05) is 12.1 Å². The maximum absolute atomic E-state index is 6.11. The van der Waals surface area contributed by atoms with Crippen LogP contribution in [0.4, 0.5) is 0 Å². The van der Waals surface area contributed by atoms with Gasteiger partial charge in [0.25, 0.3) is 0 Å². The zero-order chi connectivity index (χ0) is 14.0. The van der Waals surface area contributed by atoms with Gasteiger partial charge in [-0.3, -0.25) is 0 Å². The summed E-state index contributed by atoms with van der Waals surface area (Å²) in [7, 11) is 2.17. The van der Waals surface area contributed by atoms with Gasteiger partial charge in [-0.05, 0) is 70.4 Å². The van der Waals surface area contributed by atoms with E-state index in [0.717, 1.165) is 18.8 Å². The van der Waals surface area contributed by atoms with Crippen molar-refractivity contribution in [2.75, 3.05) is 26.7 Å². The Kier molecular flexibility index (Phi) is 3.99. The highest BCUT2D eigenvalue weighted by molar-refractivity contribution is 5.32. The van der Waals surface area contributed by atoms with Gasteiger partial charge in [0.1, 0.15) is 11.9 Å². The fourth-order valence-corrected chi connectivity index (χ4v) is 3.45. The molecule has 0 saturated carbocycles. The van der Waals surface area contributed by atoms with Gasteiger partial charge >= 0.3 is 0 Å². The molecular weight excluding hydrogens is 248 g/mol. The van der Waals surface area contributed by atoms with E-state index in [1.54, 1.807) is 0 Å². The maximum Gasteiger partial charge on any atom is 0.119 e. The van der Waals surface area contributed by atoms with Crippen molar-refractivity contribution in [3.05, 3.63) is 29.8 Å². The molecule has 3 heteroatoms. The Morgan fingerprint density at radius 3 is 2.70 bits per heavy atom. The molecule has 2 aliphatic rings. The van der Waals surface area contributed by atoms with Crippen LogP contribution in [0.3, 0.4) is 0 Å². The van der Waals surface area contributed by atoms with Crippen LogP contribution in [0.15, 0.2) is 24.3 Å². The van der Waals surface area contributed by atoms with Crippen LogP contribution in [-0.2, 0) is 5.54 Å². The minimum Gasteiger partial charge on any atom is -0.489 e. The van der Waals surface area contributed by atoms with Gasteiger partial charge in [-0.25, -0.2) is 0 Å². The lowest BCUT2D eigenvalue weighted by Gasteiger charge is -2.30. The van der Waals surface area contributed by atoms with E-state index in [1.165, 1.54) is 37.8 Å². The number of ether oxygens (including phenoxy) is 1. The second-order valence-electron chi connectivity index (χ2n) is 6.53. The summed E-state index contributed by atoms with van der Waals surface area (Å²) in [5.74, 6) is 1.01.